The lowest BCUT2D eigenvalue weighted by molar-refractivity contribution is -0.126. The van der Waals surface area contributed by atoms with E-state index in [0.717, 1.165) is 36.8 Å². The maximum atomic E-state index is 12.4. The number of hydrogen-bond acceptors (Lipinski definition) is 4. The summed E-state index contributed by atoms with van der Waals surface area (Å²) < 4.78 is 10.6. The number of nitrogens with two attached hydrogens (primary N) is 1. The first kappa shape index (κ1) is 16.6. The summed E-state index contributed by atoms with van der Waals surface area (Å²) in [6.07, 6.45) is 3.56. The fourth-order valence-electron chi connectivity index (χ4n) is 3.11. The van der Waals surface area contributed by atoms with Crippen molar-refractivity contribution in [3.05, 3.63) is 23.3 Å². The molecule has 22 heavy (non-hydrogen) atoms. The number of nitrogens with one attached hydrogen (secondary N) is 1. The van der Waals surface area contributed by atoms with E-state index >= 15 is 0 Å². The first-order chi connectivity index (χ1) is 10.4. The van der Waals surface area contributed by atoms with Gasteiger partial charge in [-0.25, -0.2) is 0 Å². The summed E-state index contributed by atoms with van der Waals surface area (Å²) in [7, 11) is 3.22. The van der Waals surface area contributed by atoms with Crippen LogP contribution in [-0.4, -0.2) is 25.7 Å². The van der Waals surface area contributed by atoms with Crippen LogP contribution < -0.4 is 20.5 Å². The summed E-state index contributed by atoms with van der Waals surface area (Å²) in [5, 5.41) is 3.05. The fourth-order valence-corrected chi connectivity index (χ4v) is 3.11. The van der Waals surface area contributed by atoms with Gasteiger partial charge in [0.2, 0.25) is 5.91 Å². The molecule has 1 amide bonds. The number of aryl methyl sites for hydroxylation is 1. The average Bonchev–Trinajstić information content (AvgIpc) is 2.94. The summed E-state index contributed by atoms with van der Waals surface area (Å²) in [5.41, 5.74) is 7.55. The van der Waals surface area contributed by atoms with Crippen molar-refractivity contribution in [2.45, 2.75) is 51.1 Å². The Labute approximate surface area is 132 Å². The number of benzene rings is 1. The van der Waals surface area contributed by atoms with Crippen molar-refractivity contribution in [2.75, 3.05) is 14.2 Å². The SMILES string of the molecule is COc1cc(C)c(C(C)NC(=O)C2(N)CCCC2)cc1OC. The average molecular weight is 306 g/mol. The molecule has 122 valence electrons. The fraction of sp³-hybridized carbons (Fsp3) is 0.588. The molecule has 2 rings (SSSR count). The van der Waals surface area contributed by atoms with E-state index in [2.05, 4.69) is 5.32 Å². The maximum absolute atomic E-state index is 12.4. The first-order valence-electron chi connectivity index (χ1n) is 7.73. The van der Waals surface area contributed by atoms with Gasteiger partial charge in [-0.15, -0.1) is 0 Å². The number of hydrogen-bond donors (Lipinski definition) is 2. The lowest BCUT2D eigenvalue weighted by Crippen LogP contribution is -2.52. The zero-order chi connectivity index (χ0) is 16.3. The lowest BCUT2D eigenvalue weighted by atomic mass is 9.96. The van der Waals surface area contributed by atoms with Gasteiger partial charge in [-0.2, -0.15) is 0 Å². The molecule has 0 aliphatic heterocycles. The Balaban J connectivity index is 2.18. The van der Waals surface area contributed by atoms with Crippen molar-refractivity contribution in [2.24, 2.45) is 5.73 Å². The Kier molecular flexibility index (Phi) is 4.96. The minimum atomic E-state index is -0.710. The molecule has 0 bridgehead atoms. The van der Waals surface area contributed by atoms with E-state index in [1.807, 2.05) is 26.0 Å². The number of ether oxygens (including phenoxy) is 2. The van der Waals surface area contributed by atoms with Crippen LogP contribution in [0.4, 0.5) is 0 Å². The van der Waals surface area contributed by atoms with E-state index in [4.69, 9.17) is 15.2 Å². The predicted octanol–water partition coefficient (Wildman–Crippen LogP) is 2.46. The topological polar surface area (TPSA) is 73.6 Å². The van der Waals surface area contributed by atoms with E-state index in [0.29, 0.717) is 11.5 Å². The summed E-state index contributed by atoms with van der Waals surface area (Å²) in [5.74, 6) is 1.28. The van der Waals surface area contributed by atoms with Gasteiger partial charge < -0.3 is 20.5 Å². The van der Waals surface area contributed by atoms with Gasteiger partial charge in [0, 0.05) is 0 Å². The molecule has 3 N–H and O–H groups in total. The molecule has 0 spiro atoms. The predicted molar refractivity (Wildman–Crippen MR) is 86.2 cm³/mol. The Bertz CT molecular complexity index is 551. The van der Waals surface area contributed by atoms with Crippen LogP contribution in [0.25, 0.3) is 0 Å². The third-order valence-electron chi connectivity index (χ3n) is 4.53. The van der Waals surface area contributed by atoms with Crippen LogP contribution in [0.2, 0.25) is 0 Å². The van der Waals surface area contributed by atoms with Crippen molar-refractivity contribution >= 4 is 5.91 Å². The second-order valence-corrected chi connectivity index (χ2v) is 6.12. The largest absolute Gasteiger partial charge is 0.493 e. The quantitative estimate of drug-likeness (QED) is 0.876. The molecule has 0 aromatic heterocycles. The van der Waals surface area contributed by atoms with Crippen LogP contribution in [0.5, 0.6) is 11.5 Å². The summed E-state index contributed by atoms with van der Waals surface area (Å²) in [6.45, 7) is 3.96. The summed E-state index contributed by atoms with van der Waals surface area (Å²) >= 11 is 0. The monoisotopic (exact) mass is 306 g/mol. The van der Waals surface area contributed by atoms with Crippen LogP contribution in [-0.2, 0) is 4.79 Å². The zero-order valence-corrected chi connectivity index (χ0v) is 13.9. The third kappa shape index (κ3) is 3.19. The Hall–Kier alpha value is -1.75. The molecule has 0 radical (unpaired) electrons. The molecule has 1 saturated carbocycles. The molecule has 1 fully saturated rings. The first-order valence-corrected chi connectivity index (χ1v) is 7.73. The van der Waals surface area contributed by atoms with E-state index in [-0.39, 0.29) is 11.9 Å². The zero-order valence-electron chi connectivity index (χ0n) is 13.9. The highest BCUT2D eigenvalue weighted by atomic mass is 16.5. The normalized spacial score (nSPS) is 17.9. The van der Waals surface area contributed by atoms with Crippen molar-refractivity contribution in [3.8, 4) is 11.5 Å². The number of carbonyl (C=O) groups excluding carboxylic acids is 1. The summed E-state index contributed by atoms with van der Waals surface area (Å²) in [6, 6.07) is 3.70. The minimum Gasteiger partial charge on any atom is -0.493 e. The highest BCUT2D eigenvalue weighted by Gasteiger charge is 2.37. The van der Waals surface area contributed by atoms with Crippen molar-refractivity contribution in [3.63, 3.8) is 0 Å². The molecule has 1 aliphatic rings. The lowest BCUT2D eigenvalue weighted by Gasteiger charge is -2.26. The molecule has 1 aromatic carbocycles. The van der Waals surface area contributed by atoms with Crippen molar-refractivity contribution in [1.29, 1.82) is 0 Å². The molecule has 5 nitrogen and oxygen atoms in total. The maximum Gasteiger partial charge on any atom is 0.240 e. The molecule has 1 aliphatic carbocycles. The number of carbonyl (C=O) groups is 1. The van der Waals surface area contributed by atoms with Gasteiger partial charge in [0.15, 0.2) is 11.5 Å². The van der Waals surface area contributed by atoms with Gasteiger partial charge >= 0.3 is 0 Å². The van der Waals surface area contributed by atoms with Crippen LogP contribution in [0.1, 0.15) is 49.8 Å². The van der Waals surface area contributed by atoms with Crippen LogP contribution in [0, 0.1) is 6.92 Å². The van der Waals surface area contributed by atoms with Gasteiger partial charge in [0.25, 0.3) is 0 Å². The van der Waals surface area contributed by atoms with Crippen LogP contribution in [0.15, 0.2) is 12.1 Å². The third-order valence-corrected chi connectivity index (χ3v) is 4.53. The second-order valence-electron chi connectivity index (χ2n) is 6.12. The summed E-state index contributed by atoms with van der Waals surface area (Å²) in [4.78, 5) is 12.4. The van der Waals surface area contributed by atoms with Gasteiger partial charge in [-0.3, -0.25) is 4.79 Å². The van der Waals surface area contributed by atoms with Gasteiger partial charge in [-0.1, -0.05) is 12.8 Å². The van der Waals surface area contributed by atoms with E-state index in [9.17, 15) is 4.79 Å². The molecular weight excluding hydrogens is 280 g/mol. The molecule has 0 saturated heterocycles. The molecule has 5 heteroatoms. The second kappa shape index (κ2) is 6.57. The highest BCUT2D eigenvalue weighted by Crippen LogP contribution is 2.33. The number of amides is 1. The van der Waals surface area contributed by atoms with Gasteiger partial charge in [0.1, 0.15) is 0 Å². The molecule has 1 atom stereocenters. The van der Waals surface area contributed by atoms with Crippen molar-refractivity contribution < 1.29 is 14.3 Å². The smallest absolute Gasteiger partial charge is 0.240 e. The molecule has 0 heterocycles. The van der Waals surface area contributed by atoms with Gasteiger partial charge in [-0.05, 0) is 49.9 Å². The molecular formula is C17H26N2O3. The van der Waals surface area contributed by atoms with E-state index in [1.54, 1.807) is 14.2 Å². The van der Waals surface area contributed by atoms with Crippen LogP contribution >= 0.6 is 0 Å². The molecule has 1 aromatic rings. The number of rotatable bonds is 5. The minimum absolute atomic E-state index is 0.0633. The number of methoxy groups -OCH3 is 2. The van der Waals surface area contributed by atoms with Crippen LogP contribution in [0.3, 0.4) is 0 Å². The Morgan fingerprint density at radius 1 is 1.23 bits per heavy atom. The molecule has 1 unspecified atom stereocenters. The Morgan fingerprint density at radius 3 is 2.32 bits per heavy atom. The van der Waals surface area contributed by atoms with Crippen molar-refractivity contribution in [1.82, 2.24) is 5.32 Å². The van der Waals surface area contributed by atoms with E-state index < -0.39 is 5.54 Å². The highest BCUT2D eigenvalue weighted by molar-refractivity contribution is 5.86. The Morgan fingerprint density at radius 2 is 1.77 bits per heavy atom. The van der Waals surface area contributed by atoms with Gasteiger partial charge in [0.05, 0.1) is 25.8 Å². The van der Waals surface area contributed by atoms with E-state index in [1.165, 1.54) is 0 Å². The standard InChI is InChI=1S/C17H26N2O3/c1-11-9-14(21-3)15(22-4)10-13(11)12(2)19-16(20)17(18)7-5-6-8-17/h9-10,12H,5-8,18H2,1-4H3,(H,19,20).